The van der Waals surface area contributed by atoms with Gasteiger partial charge < -0.3 is 25.4 Å². The van der Waals surface area contributed by atoms with E-state index in [-0.39, 0.29) is 12.1 Å². The number of hydrogen-bond donors (Lipinski definition) is 3. The average molecular weight is 734 g/mol. The average Bonchev–Trinajstić information content (AvgIpc) is 3.78. The number of nitrogens with zero attached hydrogens (tertiary/aromatic N) is 5. The van der Waals surface area contributed by atoms with E-state index in [4.69, 9.17) is 4.74 Å². The Balaban J connectivity index is 1.09. The first-order valence-corrected chi connectivity index (χ1v) is 18.2. The topological polar surface area (TPSA) is 168 Å². The van der Waals surface area contributed by atoms with Crippen LogP contribution >= 0.6 is 11.3 Å². The van der Waals surface area contributed by atoms with E-state index in [9.17, 15) is 29.5 Å². The molecule has 2 fully saturated rings. The van der Waals surface area contributed by atoms with E-state index in [1.54, 1.807) is 44.0 Å². The van der Waals surface area contributed by atoms with E-state index in [0.29, 0.717) is 75.9 Å². The van der Waals surface area contributed by atoms with Gasteiger partial charge >= 0.3 is 12.1 Å². The summed E-state index contributed by atoms with van der Waals surface area (Å²) >= 11 is 1.17. The number of aromatic nitrogens is 1. The Morgan fingerprint density at radius 3 is 2.55 bits per heavy atom. The summed E-state index contributed by atoms with van der Waals surface area (Å²) in [4.78, 5) is 63.3. The number of carbonyl (C=O) groups is 4. The minimum Gasteiger partial charge on any atom is -0.465 e. The maximum atomic E-state index is 13.9. The number of piperidine rings is 1. The maximum Gasteiger partial charge on any atom is 0.408 e. The Morgan fingerprint density at radius 1 is 1.13 bits per heavy atom. The standard InChI is InChI=1S/C39H39N7O6S/c1-23-19-27(52-26-10-6-5-7-11-26)12-13-28(23)45-29-14-17-41-34-30(29)31(43-36(45)49)32(53-34)33(47)42-25-9-8-18-44(22-25)35(48)24(21-40)20-39(15-16-39)46(37(50)51)38(2,3)4/h5-7,10-14,17,19-20,25H,8-9,15-16,18,22H2,1-4H3,(H,42,47)(H,43,49)(H,50,51)/b24-20+/t25-/m1/s1. The van der Waals surface area contributed by atoms with Crippen molar-refractivity contribution < 1.29 is 29.0 Å². The highest BCUT2D eigenvalue weighted by atomic mass is 32.1. The van der Waals surface area contributed by atoms with Gasteiger partial charge in [0.05, 0.1) is 28.0 Å². The molecular weight excluding hydrogens is 695 g/mol. The van der Waals surface area contributed by atoms with Crippen LogP contribution in [0.15, 0.2) is 72.4 Å². The van der Waals surface area contributed by atoms with E-state index < -0.39 is 41.1 Å². The number of nitrogens with one attached hydrogen (secondary N) is 2. The van der Waals surface area contributed by atoms with Gasteiger partial charge in [0, 0.05) is 30.9 Å². The number of anilines is 3. The third-order valence-corrected chi connectivity index (χ3v) is 10.8. The van der Waals surface area contributed by atoms with E-state index in [1.165, 1.54) is 27.2 Å². The summed E-state index contributed by atoms with van der Waals surface area (Å²) in [7, 11) is 0. The van der Waals surface area contributed by atoms with Crippen LogP contribution in [-0.4, -0.2) is 74.0 Å². The molecule has 272 valence electrons. The highest BCUT2D eigenvalue weighted by Crippen LogP contribution is 2.48. The zero-order chi connectivity index (χ0) is 37.7. The third kappa shape index (κ3) is 6.75. The lowest BCUT2D eigenvalue weighted by Gasteiger charge is -2.39. The van der Waals surface area contributed by atoms with Crippen molar-refractivity contribution in [1.29, 1.82) is 5.26 Å². The van der Waals surface area contributed by atoms with Crippen LogP contribution in [0.5, 0.6) is 11.5 Å². The molecule has 1 atom stereocenters. The number of pyridine rings is 1. The maximum absolute atomic E-state index is 13.9. The van der Waals surface area contributed by atoms with E-state index >= 15 is 0 Å². The van der Waals surface area contributed by atoms with Crippen molar-refractivity contribution in [3.8, 4) is 17.6 Å². The second-order valence-corrected chi connectivity index (χ2v) is 15.6. The Labute approximate surface area is 310 Å². The van der Waals surface area contributed by atoms with E-state index in [0.717, 1.165) is 5.56 Å². The molecule has 2 aromatic carbocycles. The fourth-order valence-electron chi connectivity index (χ4n) is 7.37. The van der Waals surface area contributed by atoms with Crippen LogP contribution in [0, 0.1) is 18.3 Å². The zero-order valence-electron chi connectivity index (χ0n) is 29.8. The van der Waals surface area contributed by atoms with Crippen molar-refractivity contribution in [3.63, 3.8) is 0 Å². The number of thiophene rings is 1. The molecule has 4 heterocycles. The Kier molecular flexibility index (Phi) is 9.07. The molecule has 3 aliphatic rings. The summed E-state index contributed by atoms with van der Waals surface area (Å²) in [6, 6.07) is 17.8. The molecule has 0 bridgehead atoms. The first kappa shape index (κ1) is 35.5. The molecule has 14 heteroatoms. The number of urea groups is 1. The van der Waals surface area contributed by atoms with Crippen molar-refractivity contribution in [2.24, 2.45) is 0 Å². The summed E-state index contributed by atoms with van der Waals surface area (Å²) in [5.74, 6) is 0.425. The van der Waals surface area contributed by atoms with Crippen LogP contribution in [0.25, 0.3) is 10.2 Å². The van der Waals surface area contributed by atoms with Gasteiger partial charge in [-0.1, -0.05) is 18.2 Å². The molecule has 0 spiro atoms. The SMILES string of the molecule is Cc1cc(Oc2ccccc2)ccc1N1C(=O)Nc2c(C(=O)N[C@@H]3CCCN(C(=O)/C(C#N)=C/C4(N(C(=O)O)C(C)(C)C)CC4)C3)sc3nccc1c23. The lowest BCUT2D eigenvalue weighted by Crippen LogP contribution is -2.52. The van der Waals surface area contributed by atoms with Crippen LogP contribution in [0.3, 0.4) is 0 Å². The first-order valence-electron chi connectivity index (χ1n) is 17.4. The second-order valence-electron chi connectivity index (χ2n) is 14.6. The van der Waals surface area contributed by atoms with Crippen LogP contribution in [0.1, 0.15) is 61.7 Å². The van der Waals surface area contributed by atoms with Gasteiger partial charge in [0.15, 0.2) is 0 Å². The fourth-order valence-corrected chi connectivity index (χ4v) is 8.39. The summed E-state index contributed by atoms with van der Waals surface area (Å²) < 4.78 is 5.99. The van der Waals surface area contributed by atoms with Crippen molar-refractivity contribution in [2.75, 3.05) is 23.3 Å². The lowest BCUT2D eigenvalue weighted by molar-refractivity contribution is -0.128. The molecule has 0 unspecified atom stereocenters. The van der Waals surface area contributed by atoms with Gasteiger partial charge in [-0.2, -0.15) is 5.26 Å². The molecule has 13 nitrogen and oxygen atoms in total. The second kappa shape index (κ2) is 13.6. The molecule has 1 saturated heterocycles. The number of ether oxygens (including phenoxy) is 1. The molecule has 3 N–H and O–H groups in total. The summed E-state index contributed by atoms with van der Waals surface area (Å²) in [5, 5.41) is 26.6. The van der Waals surface area contributed by atoms with Crippen molar-refractivity contribution in [1.82, 2.24) is 20.1 Å². The molecule has 1 saturated carbocycles. The highest BCUT2D eigenvalue weighted by Gasteiger charge is 2.53. The van der Waals surface area contributed by atoms with Crippen molar-refractivity contribution in [3.05, 3.63) is 82.9 Å². The van der Waals surface area contributed by atoms with E-state index in [2.05, 4.69) is 15.6 Å². The third-order valence-electron chi connectivity index (χ3n) is 9.72. The highest BCUT2D eigenvalue weighted by molar-refractivity contribution is 7.21. The van der Waals surface area contributed by atoms with Crippen LogP contribution < -0.4 is 20.3 Å². The van der Waals surface area contributed by atoms with Gasteiger partial charge in [-0.3, -0.25) is 19.4 Å². The van der Waals surface area contributed by atoms with Gasteiger partial charge in [-0.25, -0.2) is 14.6 Å². The molecule has 1 aliphatic carbocycles. The summed E-state index contributed by atoms with van der Waals surface area (Å²) in [6.45, 7) is 7.82. The van der Waals surface area contributed by atoms with Crippen molar-refractivity contribution in [2.45, 2.75) is 70.5 Å². The number of carboxylic acid groups (broad SMARTS) is 1. The number of hydrogen-bond acceptors (Lipinski definition) is 8. The molecule has 2 aliphatic heterocycles. The lowest BCUT2D eigenvalue weighted by atomic mass is 9.99. The van der Waals surface area contributed by atoms with Gasteiger partial charge in [0.2, 0.25) is 0 Å². The Hall–Kier alpha value is -5.94. The number of rotatable bonds is 8. The number of aryl methyl sites for hydroxylation is 1. The quantitative estimate of drug-likeness (QED) is 0.123. The molecule has 5 amide bonds. The van der Waals surface area contributed by atoms with Crippen LogP contribution in [0.4, 0.5) is 26.7 Å². The largest absolute Gasteiger partial charge is 0.465 e. The van der Waals surface area contributed by atoms with Crippen LogP contribution in [-0.2, 0) is 4.79 Å². The van der Waals surface area contributed by atoms with Gasteiger partial charge in [0.25, 0.3) is 11.8 Å². The first-order chi connectivity index (χ1) is 25.3. The predicted molar refractivity (Wildman–Crippen MR) is 201 cm³/mol. The molecule has 2 aromatic heterocycles. The monoisotopic (exact) mass is 733 g/mol. The van der Waals surface area contributed by atoms with Gasteiger partial charge in [-0.05, 0) is 101 Å². The number of para-hydroxylation sites is 1. The number of carbonyl (C=O) groups excluding carboxylic acids is 3. The molecular formula is C39H39N7O6S. The van der Waals surface area contributed by atoms with Gasteiger partial charge in [0.1, 0.15) is 32.8 Å². The summed E-state index contributed by atoms with van der Waals surface area (Å²) in [5.41, 5.74) is 0.672. The zero-order valence-corrected chi connectivity index (χ0v) is 30.6. The van der Waals surface area contributed by atoms with Crippen molar-refractivity contribution >= 4 is 62.6 Å². The predicted octanol–water partition coefficient (Wildman–Crippen LogP) is 7.56. The molecule has 0 radical (unpaired) electrons. The van der Waals surface area contributed by atoms with E-state index in [1.807, 2.05) is 55.5 Å². The molecule has 7 rings (SSSR count). The van der Waals surface area contributed by atoms with Crippen LogP contribution in [0.2, 0.25) is 0 Å². The number of nitriles is 1. The minimum atomic E-state index is -1.11. The minimum absolute atomic E-state index is 0.113. The Bertz CT molecular complexity index is 2220. The number of amides is 5. The Morgan fingerprint density at radius 2 is 1.89 bits per heavy atom. The molecule has 4 aromatic rings. The van der Waals surface area contributed by atoms with Gasteiger partial charge in [-0.15, -0.1) is 11.3 Å². The fraction of sp³-hybridized carbons (Fsp3) is 0.333. The smallest absolute Gasteiger partial charge is 0.408 e. The number of benzene rings is 2. The number of likely N-dealkylation sites (tertiary alicyclic amines) is 1. The summed E-state index contributed by atoms with van der Waals surface area (Å²) in [6.07, 6.45) is 4.24. The molecule has 53 heavy (non-hydrogen) atoms. The normalized spacial score (nSPS) is 17.8.